The van der Waals surface area contributed by atoms with Gasteiger partial charge in [0.25, 0.3) is 0 Å². The van der Waals surface area contributed by atoms with Crippen LogP contribution < -0.4 is 0 Å². The second kappa shape index (κ2) is 4.98. The molecule has 0 fully saturated rings. The fraction of sp³-hybridized carbons (Fsp3) is 0.500. The minimum Gasteiger partial charge on any atom is -0.508 e. The summed E-state index contributed by atoms with van der Waals surface area (Å²) in [6, 6.07) is 3.22. The van der Waals surface area contributed by atoms with E-state index in [1.54, 1.807) is 13.0 Å². The van der Waals surface area contributed by atoms with Crippen molar-refractivity contribution in [3.63, 3.8) is 0 Å². The van der Waals surface area contributed by atoms with E-state index in [-0.39, 0.29) is 11.2 Å². The number of aliphatic hydroxyl groups is 1. The number of hydrogen-bond donors (Lipinski definition) is 2. The first-order valence-corrected chi connectivity index (χ1v) is 5.78. The Bertz CT molecular complexity index is 458. The third kappa shape index (κ3) is 2.82. The molecular formula is C14H20O4. The number of carbonyl (C=O) groups is 1. The summed E-state index contributed by atoms with van der Waals surface area (Å²) in [7, 11) is 1.21. The number of aromatic hydroxyl groups is 1. The lowest BCUT2D eigenvalue weighted by atomic mass is 9.84. The number of phenols is 1. The van der Waals surface area contributed by atoms with E-state index >= 15 is 0 Å². The summed E-state index contributed by atoms with van der Waals surface area (Å²) in [5.41, 5.74) is 1.69. The van der Waals surface area contributed by atoms with Gasteiger partial charge in [-0.2, -0.15) is 0 Å². The fourth-order valence-electron chi connectivity index (χ4n) is 1.85. The van der Waals surface area contributed by atoms with E-state index in [1.807, 2.05) is 20.8 Å². The number of aliphatic hydroxyl groups excluding tert-OH is 1. The van der Waals surface area contributed by atoms with Crippen LogP contribution in [0, 0.1) is 6.92 Å². The zero-order valence-electron chi connectivity index (χ0n) is 11.4. The normalized spacial score (nSPS) is 13.2. The third-order valence-electron chi connectivity index (χ3n) is 2.91. The van der Waals surface area contributed by atoms with Gasteiger partial charge in [-0.15, -0.1) is 0 Å². The molecule has 0 aliphatic rings. The van der Waals surface area contributed by atoms with Crippen molar-refractivity contribution in [1.82, 2.24) is 0 Å². The molecule has 0 amide bonds. The molecule has 1 atom stereocenters. The Morgan fingerprint density at radius 1 is 1.33 bits per heavy atom. The average molecular weight is 252 g/mol. The first kappa shape index (κ1) is 14.5. The largest absolute Gasteiger partial charge is 0.508 e. The molecule has 1 aromatic rings. The Hall–Kier alpha value is -1.55. The molecule has 0 radical (unpaired) electrons. The topological polar surface area (TPSA) is 66.8 Å². The van der Waals surface area contributed by atoms with Gasteiger partial charge in [-0.05, 0) is 35.1 Å². The second-order valence-corrected chi connectivity index (χ2v) is 5.40. The molecule has 0 aromatic heterocycles. The summed E-state index contributed by atoms with van der Waals surface area (Å²) in [5, 5.41) is 19.8. The molecule has 0 aliphatic carbocycles. The van der Waals surface area contributed by atoms with Crippen LogP contribution >= 0.6 is 0 Å². The summed E-state index contributed by atoms with van der Waals surface area (Å²) < 4.78 is 4.49. The minimum absolute atomic E-state index is 0.0750. The summed E-state index contributed by atoms with van der Waals surface area (Å²) in [6.45, 7) is 7.74. The highest BCUT2D eigenvalue weighted by Crippen LogP contribution is 2.34. The summed E-state index contributed by atoms with van der Waals surface area (Å²) in [6.07, 6.45) is -1.37. The number of phenolic OH excluding ortho intramolecular Hbond substituents is 1. The quantitative estimate of drug-likeness (QED) is 0.792. The lowest BCUT2D eigenvalue weighted by Crippen LogP contribution is -2.17. The van der Waals surface area contributed by atoms with Crippen LogP contribution in [-0.2, 0) is 14.9 Å². The molecule has 1 unspecified atom stereocenters. The van der Waals surface area contributed by atoms with E-state index in [2.05, 4.69) is 4.74 Å². The van der Waals surface area contributed by atoms with Crippen LogP contribution in [-0.4, -0.2) is 23.3 Å². The Morgan fingerprint density at radius 2 is 1.89 bits per heavy atom. The van der Waals surface area contributed by atoms with Crippen molar-refractivity contribution < 1.29 is 19.7 Å². The molecule has 0 spiro atoms. The van der Waals surface area contributed by atoms with Gasteiger partial charge in [0, 0.05) is 0 Å². The summed E-state index contributed by atoms with van der Waals surface area (Å²) in [4.78, 5) is 11.3. The van der Waals surface area contributed by atoms with Gasteiger partial charge in [-0.25, -0.2) is 4.79 Å². The number of ether oxygens (including phenoxy) is 1. The van der Waals surface area contributed by atoms with Crippen LogP contribution in [0.4, 0.5) is 0 Å². The Labute approximate surface area is 107 Å². The predicted octanol–water partition coefficient (Wildman–Crippen LogP) is 2.20. The Balaban J connectivity index is 3.27. The number of aryl methyl sites for hydroxylation is 1. The van der Waals surface area contributed by atoms with Gasteiger partial charge in [0.05, 0.1) is 7.11 Å². The van der Waals surface area contributed by atoms with E-state index in [9.17, 15) is 15.0 Å². The molecule has 0 bridgehead atoms. The number of esters is 1. The van der Waals surface area contributed by atoms with Gasteiger partial charge in [0.1, 0.15) is 5.75 Å². The maximum atomic E-state index is 11.3. The van der Waals surface area contributed by atoms with E-state index in [0.717, 1.165) is 11.1 Å². The number of rotatable bonds is 2. The second-order valence-electron chi connectivity index (χ2n) is 5.40. The lowest BCUT2D eigenvalue weighted by molar-refractivity contribution is -0.150. The van der Waals surface area contributed by atoms with Crippen LogP contribution in [0.15, 0.2) is 12.1 Å². The smallest absolute Gasteiger partial charge is 0.339 e. The monoisotopic (exact) mass is 252 g/mol. The molecule has 1 aromatic carbocycles. The fourth-order valence-corrected chi connectivity index (χ4v) is 1.85. The lowest BCUT2D eigenvalue weighted by Gasteiger charge is -2.23. The zero-order valence-corrected chi connectivity index (χ0v) is 11.4. The maximum Gasteiger partial charge on any atom is 0.339 e. The van der Waals surface area contributed by atoms with Gasteiger partial charge in [-0.1, -0.05) is 26.8 Å². The van der Waals surface area contributed by atoms with Crippen LogP contribution in [0.2, 0.25) is 0 Å². The van der Waals surface area contributed by atoms with Crippen molar-refractivity contribution in [3.8, 4) is 5.75 Å². The number of benzene rings is 1. The van der Waals surface area contributed by atoms with Gasteiger partial charge >= 0.3 is 5.97 Å². The highest BCUT2D eigenvalue weighted by Gasteiger charge is 2.24. The molecule has 0 saturated heterocycles. The van der Waals surface area contributed by atoms with E-state index in [1.165, 1.54) is 13.2 Å². The van der Waals surface area contributed by atoms with Crippen molar-refractivity contribution in [1.29, 1.82) is 0 Å². The van der Waals surface area contributed by atoms with Crippen LogP contribution in [0.1, 0.15) is 43.6 Å². The Morgan fingerprint density at radius 3 is 2.33 bits per heavy atom. The average Bonchev–Trinajstić information content (AvgIpc) is 2.28. The van der Waals surface area contributed by atoms with Crippen LogP contribution in [0.5, 0.6) is 5.75 Å². The van der Waals surface area contributed by atoms with Crippen LogP contribution in [0.25, 0.3) is 0 Å². The van der Waals surface area contributed by atoms with Crippen LogP contribution in [0.3, 0.4) is 0 Å². The SMILES string of the molecule is COC(=O)C(O)c1cc(O)c(C(C)(C)C)cc1C. The van der Waals surface area contributed by atoms with Gasteiger partial charge in [-0.3, -0.25) is 0 Å². The first-order chi connectivity index (χ1) is 8.18. The highest BCUT2D eigenvalue weighted by molar-refractivity contribution is 5.77. The van der Waals surface area contributed by atoms with E-state index in [4.69, 9.17) is 0 Å². The molecule has 4 nitrogen and oxygen atoms in total. The van der Waals surface area contributed by atoms with E-state index < -0.39 is 12.1 Å². The first-order valence-electron chi connectivity index (χ1n) is 5.78. The molecule has 4 heteroatoms. The summed E-state index contributed by atoms with van der Waals surface area (Å²) >= 11 is 0. The molecule has 100 valence electrons. The molecule has 2 N–H and O–H groups in total. The molecular weight excluding hydrogens is 232 g/mol. The standard InChI is InChI=1S/C14H20O4/c1-8-6-10(14(2,3)4)11(15)7-9(8)12(16)13(17)18-5/h6-7,12,15-16H,1-5H3. The van der Waals surface area contributed by atoms with Gasteiger partial charge < -0.3 is 14.9 Å². The zero-order chi connectivity index (χ0) is 14.1. The number of carbonyl (C=O) groups excluding carboxylic acids is 1. The molecule has 0 saturated carbocycles. The van der Waals surface area contributed by atoms with Crippen molar-refractivity contribution in [2.75, 3.05) is 7.11 Å². The Kier molecular flexibility index (Phi) is 4.02. The molecule has 0 aliphatic heterocycles. The third-order valence-corrected chi connectivity index (χ3v) is 2.91. The van der Waals surface area contributed by atoms with Crippen molar-refractivity contribution in [3.05, 3.63) is 28.8 Å². The molecule has 1 rings (SSSR count). The maximum absolute atomic E-state index is 11.3. The minimum atomic E-state index is -1.37. The number of hydrogen-bond acceptors (Lipinski definition) is 4. The van der Waals surface area contributed by atoms with Crippen molar-refractivity contribution in [2.24, 2.45) is 0 Å². The molecule has 18 heavy (non-hydrogen) atoms. The van der Waals surface area contributed by atoms with E-state index in [0.29, 0.717) is 5.56 Å². The van der Waals surface area contributed by atoms with Crippen molar-refractivity contribution in [2.45, 2.75) is 39.2 Å². The van der Waals surface area contributed by atoms with Gasteiger partial charge in [0.2, 0.25) is 0 Å². The predicted molar refractivity (Wildman–Crippen MR) is 68.5 cm³/mol. The van der Waals surface area contributed by atoms with Crippen molar-refractivity contribution >= 4 is 5.97 Å². The highest BCUT2D eigenvalue weighted by atomic mass is 16.5. The van der Waals surface area contributed by atoms with Gasteiger partial charge in [0.15, 0.2) is 6.10 Å². The molecule has 0 heterocycles. The summed E-state index contributed by atoms with van der Waals surface area (Å²) in [5.74, 6) is -0.660. The number of methoxy groups -OCH3 is 1.